The smallest absolute Gasteiger partial charge is 0.241 e. The highest BCUT2D eigenvalue weighted by molar-refractivity contribution is 5.89. The van der Waals surface area contributed by atoms with Gasteiger partial charge >= 0.3 is 0 Å². The molecule has 0 spiro atoms. The molecule has 2 aliphatic carbocycles. The van der Waals surface area contributed by atoms with Gasteiger partial charge in [-0.25, -0.2) is 0 Å². The number of nitrogens with one attached hydrogen (secondary N) is 1. The molecule has 2 aliphatic rings. The molecule has 0 aromatic carbocycles. The summed E-state index contributed by atoms with van der Waals surface area (Å²) in [5.41, 5.74) is 10.4. The maximum atomic E-state index is 12.6. The number of nitrogens with two attached hydrogens (primary N) is 2. The molecular formula is C16H29N3O3. The van der Waals surface area contributed by atoms with Gasteiger partial charge in [0.15, 0.2) is 0 Å². The molecule has 2 rings (SSSR count). The summed E-state index contributed by atoms with van der Waals surface area (Å²) in [5.74, 6) is -0.552. The molecule has 0 radical (unpaired) electrons. The largest absolute Gasteiger partial charge is 0.378 e. The summed E-state index contributed by atoms with van der Waals surface area (Å²) in [6.07, 6.45) is 3.76. The van der Waals surface area contributed by atoms with Crippen molar-refractivity contribution in [3.8, 4) is 0 Å². The van der Waals surface area contributed by atoms with Crippen molar-refractivity contribution < 1.29 is 14.3 Å². The molecule has 6 nitrogen and oxygen atoms in total. The lowest BCUT2D eigenvalue weighted by atomic mass is 9.54. The molecule has 0 aromatic heterocycles. The molecule has 0 heterocycles. The summed E-state index contributed by atoms with van der Waals surface area (Å²) in [5, 5.41) is 3.04. The Morgan fingerprint density at radius 1 is 1.32 bits per heavy atom. The molecule has 0 bridgehead atoms. The van der Waals surface area contributed by atoms with Crippen molar-refractivity contribution in [3.05, 3.63) is 0 Å². The van der Waals surface area contributed by atoms with Gasteiger partial charge in [-0.1, -0.05) is 20.3 Å². The molecule has 5 N–H and O–H groups in total. The van der Waals surface area contributed by atoms with Crippen molar-refractivity contribution in [1.29, 1.82) is 0 Å². The minimum absolute atomic E-state index is 0.0120. The van der Waals surface area contributed by atoms with E-state index in [-0.39, 0.29) is 29.9 Å². The fraction of sp³-hybridized carbons (Fsp3) is 0.875. The Morgan fingerprint density at radius 2 is 2.00 bits per heavy atom. The number of ether oxygens (including phenoxy) is 1. The molecule has 2 amide bonds. The number of primary amides is 1. The molecule has 126 valence electrons. The first-order valence-corrected chi connectivity index (χ1v) is 8.23. The Kier molecular flexibility index (Phi) is 4.82. The second-order valence-corrected chi connectivity index (χ2v) is 7.28. The zero-order valence-electron chi connectivity index (χ0n) is 13.9. The standard InChI is InChI=1S/C16H29N3O3/c1-4-22-12-9-16(18,15(12,2)3)14(21)19-11-7-5-6-10(8-11)13(17)20/h10-12H,4-9,18H2,1-3H3,(H2,17,20)(H,19,21). The number of rotatable bonds is 5. The summed E-state index contributed by atoms with van der Waals surface area (Å²) in [7, 11) is 0. The Hall–Kier alpha value is -1.14. The van der Waals surface area contributed by atoms with E-state index in [1.165, 1.54) is 0 Å². The minimum Gasteiger partial charge on any atom is -0.378 e. The van der Waals surface area contributed by atoms with Crippen LogP contribution in [0.3, 0.4) is 0 Å². The van der Waals surface area contributed by atoms with Crippen LogP contribution in [0.4, 0.5) is 0 Å². The van der Waals surface area contributed by atoms with Crippen molar-refractivity contribution in [3.63, 3.8) is 0 Å². The van der Waals surface area contributed by atoms with E-state index in [0.29, 0.717) is 19.4 Å². The van der Waals surface area contributed by atoms with Gasteiger partial charge in [0.2, 0.25) is 11.8 Å². The highest BCUT2D eigenvalue weighted by atomic mass is 16.5. The Bertz CT molecular complexity index is 452. The van der Waals surface area contributed by atoms with Gasteiger partial charge in [0, 0.05) is 30.4 Å². The predicted molar refractivity (Wildman–Crippen MR) is 83.8 cm³/mol. The third-order valence-electron chi connectivity index (χ3n) is 5.65. The fourth-order valence-corrected chi connectivity index (χ4v) is 3.71. The van der Waals surface area contributed by atoms with E-state index < -0.39 is 11.0 Å². The van der Waals surface area contributed by atoms with Crippen molar-refractivity contribution >= 4 is 11.8 Å². The average molecular weight is 311 g/mol. The van der Waals surface area contributed by atoms with Crippen LogP contribution in [0.1, 0.15) is 52.9 Å². The van der Waals surface area contributed by atoms with Gasteiger partial charge in [-0.15, -0.1) is 0 Å². The highest BCUT2D eigenvalue weighted by Crippen LogP contribution is 2.50. The number of carbonyl (C=O) groups is 2. The van der Waals surface area contributed by atoms with Crippen LogP contribution in [-0.2, 0) is 14.3 Å². The van der Waals surface area contributed by atoms with Crippen LogP contribution >= 0.6 is 0 Å². The Labute approximate surface area is 132 Å². The number of carbonyl (C=O) groups excluding carboxylic acids is 2. The van der Waals surface area contributed by atoms with Gasteiger partial charge in [0.1, 0.15) is 5.54 Å². The quantitative estimate of drug-likeness (QED) is 0.694. The second kappa shape index (κ2) is 6.16. The highest BCUT2D eigenvalue weighted by Gasteiger charge is 2.63. The van der Waals surface area contributed by atoms with Gasteiger partial charge in [-0.05, 0) is 26.2 Å². The summed E-state index contributed by atoms with van der Waals surface area (Å²) in [4.78, 5) is 24.0. The maximum Gasteiger partial charge on any atom is 0.241 e. The van der Waals surface area contributed by atoms with Gasteiger partial charge in [-0.3, -0.25) is 9.59 Å². The molecule has 0 saturated heterocycles. The first-order valence-electron chi connectivity index (χ1n) is 8.23. The number of hydrogen-bond donors (Lipinski definition) is 3. The van der Waals surface area contributed by atoms with Gasteiger partial charge in [0.25, 0.3) is 0 Å². The number of amides is 2. The van der Waals surface area contributed by atoms with Crippen LogP contribution in [0.15, 0.2) is 0 Å². The Balaban J connectivity index is 1.96. The molecule has 0 aromatic rings. The topological polar surface area (TPSA) is 107 Å². The first kappa shape index (κ1) is 17.2. The van der Waals surface area contributed by atoms with E-state index in [9.17, 15) is 9.59 Å². The first-order chi connectivity index (χ1) is 10.2. The molecule has 4 atom stereocenters. The van der Waals surface area contributed by atoms with Gasteiger partial charge in [0.05, 0.1) is 6.10 Å². The maximum absolute atomic E-state index is 12.6. The van der Waals surface area contributed by atoms with E-state index >= 15 is 0 Å². The third-order valence-corrected chi connectivity index (χ3v) is 5.65. The molecule has 4 unspecified atom stereocenters. The van der Waals surface area contributed by atoms with E-state index in [4.69, 9.17) is 16.2 Å². The molecule has 0 aliphatic heterocycles. The Morgan fingerprint density at radius 3 is 2.55 bits per heavy atom. The summed E-state index contributed by atoms with van der Waals surface area (Å²) < 4.78 is 5.66. The van der Waals surface area contributed by atoms with E-state index in [1.54, 1.807) is 0 Å². The van der Waals surface area contributed by atoms with E-state index in [0.717, 1.165) is 19.3 Å². The number of hydrogen-bond acceptors (Lipinski definition) is 4. The van der Waals surface area contributed by atoms with Crippen molar-refractivity contribution in [2.45, 2.75) is 70.6 Å². The molecule has 6 heteroatoms. The summed E-state index contributed by atoms with van der Waals surface area (Å²) >= 11 is 0. The van der Waals surface area contributed by atoms with E-state index in [1.807, 2.05) is 20.8 Å². The van der Waals surface area contributed by atoms with Crippen LogP contribution in [-0.4, -0.2) is 36.1 Å². The summed E-state index contributed by atoms with van der Waals surface area (Å²) in [6, 6.07) is -0.0129. The van der Waals surface area contributed by atoms with Crippen LogP contribution in [0.2, 0.25) is 0 Å². The minimum atomic E-state index is -0.910. The lowest BCUT2D eigenvalue weighted by Gasteiger charge is -2.57. The molecule has 2 saturated carbocycles. The normalized spacial score (nSPS) is 37.2. The molecule has 22 heavy (non-hydrogen) atoms. The van der Waals surface area contributed by atoms with Crippen LogP contribution in [0.25, 0.3) is 0 Å². The van der Waals surface area contributed by atoms with Gasteiger partial charge in [-0.2, -0.15) is 0 Å². The van der Waals surface area contributed by atoms with Gasteiger partial charge < -0.3 is 21.5 Å². The van der Waals surface area contributed by atoms with Crippen LogP contribution < -0.4 is 16.8 Å². The van der Waals surface area contributed by atoms with Crippen molar-refractivity contribution in [2.24, 2.45) is 22.8 Å². The predicted octanol–water partition coefficient (Wildman–Crippen LogP) is 0.679. The van der Waals surface area contributed by atoms with Crippen LogP contribution in [0, 0.1) is 11.3 Å². The second-order valence-electron chi connectivity index (χ2n) is 7.28. The monoisotopic (exact) mass is 311 g/mol. The average Bonchev–Trinajstić information content (AvgIpc) is 2.47. The molecular weight excluding hydrogens is 282 g/mol. The molecule has 2 fully saturated rings. The van der Waals surface area contributed by atoms with E-state index in [2.05, 4.69) is 5.32 Å². The lowest BCUT2D eigenvalue weighted by Crippen LogP contribution is -2.76. The SMILES string of the molecule is CCOC1CC(N)(C(=O)NC2CCCC(C(N)=O)C2)C1(C)C. The zero-order valence-corrected chi connectivity index (χ0v) is 13.9. The zero-order chi connectivity index (χ0) is 16.5. The lowest BCUT2D eigenvalue weighted by molar-refractivity contribution is -0.171. The van der Waals surface area contributed by atoms with Crippen molar-refractivity contribution in [1.82, 2.24) is 5.32 Å². The summed E-state index contributed by atoms with van der Waals surface area (Å²) in [6.45, 7) is 6.51. The fourth-order valence-electron chi connectivity index (χ4n) is 3.71. The third kappa shape index (κ3) is 2.86. The van der Waals surface area contributed by atoms with Crippen molar-refractivity contribution in [2.75, 3.05) is 6.61 Å². The van der Waals surface area contributed by atoms with Crippen LogP contribution in [0.5, 0.6) is 0 Å².